The van der Waals surface area contributed by atoms with Crippen LogP contribution in [0.3, 0.4) is 0 Å². The van der Waals surface area contributed by atoms with Crippen LogP contribution in [0.5, 0.6) is 5.75 Å². The summed E-state index contributed by atoms with van der Waals surface area (Å²) in [5, 5.41) is 8.90. The van der Waals surface area contributed by atoms with E-state index in [9.17, 15) is 9.18 Å². The number of aliphatic hydroxyl groups excluding tert-OH is 1. The number of ether oxygens (including phenoxy) is 1. The number of halogens is 1. The molecule has 0 aliphatic carbocycles. The van der Waals surface area contributed by atoms with Crippen molar-refractivity contribution in [1.29, 1.82) is 0 Å². The molecule has 1 aromatic rings. The van der Waals surface area contributed by atoms with E-state index in [1.807, 2.05) is 0 Å². The van der Waals surface area contributed by atoms with Gasteiger partial charge in [0.05, 0.1) is 13.7 Å². The van der Waals surface area contributed by atoms with E-state index in [4.69, 9.17) is 9.84 Å². The van der Waals surface area contributed by atoms with Crippen LogP contribution in [0.4, 0.5) is 4.39 Å². The molecular formula is C13H16FNO3. The molecule has 0 unspecified atom stereocenters. The molecule has 0 spiro atoms. The molecule has 1 aromatic carbocycles. The van der Waals surface area contributed by atoms with Gasteiger partial charge in [-0.25, -0.2) is 4.39 Å². The van der Waals surface area contributed by atoms with Crippen molar-refractivity contribution < 1.29 is 19.0 Å². The molecule has 0 aromatic heterocycles. The summed E-state index contributed by atoms with van der Waals surface area (Å²) >= 11 is 0. The molecule has 1 rings (SSSR count). The number of rotatable bonds is 6. The van der Waals surface area contributed by atoms with Crippen LogP contribution in [-0.2, 0) is 0 Å². The third kappa shape index (κ3) is 3.07. The van der Waals surface area contributed by atoms with Crippen molar-refractivity contribution in [1.82, 2.24) is 4.90 Å². The number of nitrogens with zero attached hydrogens (tertiary/aromatic N) is 1. The lowest BCUT2D eigenvalue weighted by atomic mass is 10.1. The van der Waals surface area contributed by atoms with Gasteiger partial charge in [0.15, 0.2) is 0 Å². The summed E-state index contributed by atoms with van der Waals surface area (Å²) in [6.45, 7) is 3.67. The van der Waals surface area contributed by atoms with E-state index >= 15 is 0 Å². The number of carbonyl (C=O) groups excluding carboxylic acids is 1. The molecule has 1 N–H and O–H groups in total. The number of aliphatic hydroxyl groups is 1. The molecule has 0 heterocycles. The lowest BCUT2D eigenvalue weighted by Gasteiger charge is -2.21. The second-order valence-corrected chi connectivity index (χ2v) is 3.58. The summed E-state index contributed by atoms with van der Waals surface area (Å²) in [6.07, 6.45) is 1.51. The zero-order valence-electron chi connectivity index (χ0n) is 10.2. The maximum atomic E-state index is 13.7. The number of hydrogen-bond acceptors (Lipinski definition) is 3. The van der Waals surface area contributed by atoms with Gasteiger partial charge in [0, 0.05) is 13.1 Å². The van der Waals surface area contributed by atoms with Gasteiger partial charge in [0.1, 0.15) is 17.1 Å². The van der Waals surface area contributed by atoms with E-state index in [1.54, 1.807) is 0 Å². The van der Waals surface area contributed by atoms with Gasteiger partial charge in [-0.15, -0.1) is 6.58 Å². The highest BCUT2D eigenvalue weighted by molar-refractivity contribution is 5.97. The molecule has 0 atom stereocenters. The van der Waals surface area contributed by atoms with Crippen molar-refractivity contribution in [3.8, 4) is 5.75 Å². The summed E-state index contributed by atoms with van der Waals surface area (Å²) < 4.78 is 18.7. The van der Waals surface area contributed by atoms with Crippen molar-refractivity contribution in [3.05, 3.63) is 42.2 Å². The quantitative estimate of drug-likeness (QED) is 0.781. The first kappa shape index (κ1) is 14.2. The minimum absolute atomic E-state index is 0.113. The monoisotopic (exact) mass is 253 g/mol. The molecule has 0 aliphatic rings. The van der Waals surface area contributed by atoms with Crippen LogP contribution in [0, 0.1) is 5.82 Å². The van der Waals surface area contributed by atoms with Crippen LogP contribution in [0.25, 0.3) is 0 Å². The Kier molecular flexibility index (Phi) is 5.32. The Morgan fingerprint density at radius 3 is 2.89 bits per heavy atom. The maximum Gasteiger partial charge on any atom is 0.260 e. The Morgan fingerprint density at radius 1 is 1.61 bits per heavy atom. The Bertz CT molecular complexity index is 434. The molecule has 0 saturated carbocycles. The minimum Gasteiger partial charge on any atom is -0.496 e. The fraction of sp³-hybridized carbons (Fsp3) is 0.308. The van der Waals surface area contributed by atoms with Crippen molar-refractivity contribution >= 4 is 5.91 Å². The Hall–Kier alpha value is -1.88. The van der Waals surface area contributed by atoms with Crippen LogP contribution in [0.2, 0.25) is 0 Å². The van der Waals surface area contributed by atoms with Crippen molar-refractivity contribution in [2.75, 3.05) is 26.8 Å². The first-order valence-electron chi connectivity index (χ1n) is 5.49. The molecule has 18 heavy (non-hydrogen) atoms. The first-order chi connectivity index (χ1) is 8.65. The third-order valence-electron chi connectivity index (χ3n) is 2.42. The molecule has 4 nitrogen and oxygen atoms in total. The highest BCUT2D eigenvalue weighted by Crippen LogP contribution is 2.22. The van der Waals surface area contributed by atoms with Gasteiger partial charge < -0.3 is 14.7 Å². The Balaban J connectivity index is 3.10. The minimum atomic E-state index is -0.647. The van der Waals surface area contributed by atoms with Crippen LogP contribution >= 0.6 is 0 Å². The van der Waals surface area contributed by atoms with Gasteiger partial charge in [0.25, 0.3) is 5.91 Å². The Labute approximate surface area is 105 Å². The summed E-state index contributed by atoms with van der Waals surface area (Å²) in [5.74, 6) is -1.00. The molecule has 1 amide bonds. The third-order valence-corrected chi connectivity index (χ3v) is 2.42. The maximum absolute atomic E-state index is 13.7. The predicted molar refractivity (Wildman–Crippen MR) is 66.1 cm³/mol. The summed E-state index contributed by atoms with van der Waals surface area (Å²) in [7, 11) is 1.37. The molecule has 0 fully saturated rings. The van der Waals surface area contributed by atoms with Crippen molar-refractivity contribution in [2.24, 2.45) is 0 Å². The van der Waals surface area contributed by atoms with Crippen LogP contribution in [0.1, 0.15) is 10.4 Å². The average Bonchev–Trinajstić information content (AvgIpc) is 2.37. The van der Waals surface area contributed by atoms with Crippen LogP contribution in [0.15, 0.2) is 30.9 Å². The van der Waals surface area contributed by atoms with Crippen LogP contribution < -0.4 is 4.74 Å². The van der Waals surface area contributed by atoms with Gasteiger partial charge >= 0.3 is 0 Å². The SMILES string of the molecule is C=CCN(CCO)C(=O)c1c(F)cccc1OC. The van der Waals surface area contributed by atoms with Gasteiger partial charge in [-0.05, 0) is 12.1 Å². The fourth-order valence-electron chi connectivity index (χ4n) is 1.59. The summed E-state index contributed by atoms with van der Waals surface area (Å²) in [4.78, 5) is 13.5. The lowest BCUT2D eigenvalue weighted by molar-refractivity contribution is 0.0734. The first-order valence-corrected chi connectivity index (χ1v) is 5.49. The molecule has 98 valence electrons. The number of benzene rings is 1. The predicted octanol–water partition coefficient (Wildman–Crippen LogP) is 1.45. The molecule has 0 radical (unpaired) electrons. The number of amides is 1. The molecule has 0 aliphatic heterocycles. The molecule has 0 bridgehead atoms. The highest BCUT2D eigenvalue weighted by Gasteiger charge is 2.22. The number of carbonyl (C=O) groups is 1. The smallest absolute Gasteiger partial charge is 0.260 e. The van der Waals surface area contributed by atoms with Gasteiger partial charge in [-0.2, -0.15) is 0 Å². The lowest BCUT2D eigenvalue weighted by Crippen LogP contribution is -2.34. The molecule has 5 heteroatoms. The topological polar surface area (TPSA) is 49.8 Å². The van der Waals surface area contributed by atoms with Crippen molar-refractivity contribution in [3.63, 3.8) is 0 Å². The zero-order valence-corrected chi connectivity index (χ0v) is 10.2. The zero-order chi connectivity index (χ0) is 13.5. The highest BCUT2D eigenvalue weighted by atomic mass is 19.1. The van der Waals surface area contributed by atoms with E-state index in [0.29, 0.717) is 0 Å². The summed E-state index contributed by atoms with van der Waals surface area (Å²) in [6, 6.07) is 4.18. The standard InChI is InChI=1S/C13H16FNO3/c1-3-7-15(8-9-16)13(17)12-10(14)5-4-6-11(12)18-2/h3-6,16H,1,7-9H2,2H3. The average molecular weight is 253 g/mol. The largest absolute Gasteiger partial charge is 0.496 e. The van der Waals surface area contributed by atoms with Gasteiger partial charge in [-0.1, -0.05) is 12.1 Å². The second-order valence-electron chi connectivity index (χ2n) is 3.58. The van der Waals surface area contributed by atoms with E-state index in [0.717, 1.165) is 0 Å². The van der Waals surface area contributed by atoms with Crippen LogP contribution in [-0.4, -0.2) is 42.7 Å². The Morgan fingerprint density at radius 2 is 2.33 bits per heavy atom. The van der Waals surface area contributed by atoms with Gasteiger partial charge in [-0.3, -0.25) is 4.79 Å². The molecular weight excluding hydrogens is 237 g/mol. The van der Waals surface area contributed by atoms with E-state index in [-0.39, 0.29) is 31.0 Å². The molecule has 0 saturated heterocycles. The fourth-order valence-corrected chi connectivity index (χ4v) is 1.59. The normalized spacial score (nSPS) is 9.94. The van der Waals surface area contributed by atoms with E-state index in [2.05, 4.69) is 6.58 Å². The number of methoxy groups -OCH3 is 1. The van der Waals surface area contributed by atoms with Gasteiger partial charge in [0.2, 0.25) is 0 Å². The number of hydrogen-bond donors (Lipinski definition) is 1. The van der Waals surface area contributed by atoms with E-state index in [1.165, 1.54) is 36.3 Å². The van der Waals surface area contributed by atoms with Crippen molar-refractivity contribution in [2.45, 2.75) is 0 Å². The summed E-state index contributed by atoms with van der Waals surface area (Å²) in [5.41, 5.74) is -0.129. The van der Waals surface area contributed by atoms with E-state index < -0.39 is 11.7 Å². The second kappa shape index (κ2) is 6.76.